The number of aryl methyl sites for hydroxylation is 1. The lowest BCUT2D eigenvalue weighted by Crippen LogP contribution is -2.29. The van der Waals surface area contributed by atoms with E-state index in [9.17, 15) is 14.7 Å². The molecule has 0 radical (unpaired) electrons. The lowest BCUT2D eigenvalue weighted by Gasteiger charge is -2.15. The highest BCUT2D eigenvalue weighted by Gasteiger charge is 2.34. The van der Waals surface area contributed by atoms with E-state index in [-0.39, 0.29) is 23.8 Å². The molecule has 0 saturated carbocycles. The van der Waals surface area contributed by atoms with Crippen LogP contribution < -0.4 is 5.56 Å². The van der Waals surface area contributed by atoms with Gasteiger partial charge in [-0.05, 0) is 18.6 Å². The van der Waals surface area contributed by atoms with Gasteiger partial charge >= 0.3 is 0 Å². The number of fused-ring (bicyclic) bond motifs is 1. The fraction of sp³-hybridized carbons (Fsp3) is 0.350. The average Bonchev–Trinajstić information content (AvgIpc) is 3.25. The van der Waals surface area contributed by atoms with Crippen LogP contribution in [0.1, 0.15) is 17.9 Å². The van der Waals surface area contributed by atoms with Gasteiger partial charge < -0.3 is 14.5 Å². The fourth-order valence-electron chi connectivity index (χ4n) is 3.58. The Balaban J connectivity index is 1.37. The first kappa shape index (κ1) is 17.5. The normalized spacial score (nSPS) is 19.7. The number of H-pyrrole nitrogens is 1. The second-order valence-corrected chi connectivity index (χ2v) is 7.00. The number of hydrogen-bond donors (Lipinski definition) is 2. The molecule has 1 aliphatic rings. The van der Waals surface area contributed by atoms with Crippen LogP contribution in [0.15, 0.2) is 51.8 Å². The number of para-hydroxylation sites is 1. The van der Waals surface area contributed by atoms with E-state index in [0.717, 1.165) is 16.6 Å². The number of carbonyl (C=O) groups is 1. The van der Waals surface area contributed by atoms with Crippen molar-refractivity contribution < 1.29 is 14.4 Å². The number of carbonyl (C=O) groups excluding carboxylic acids is 1. The quantitative estimate of drug-likeness (QED) is 0.712. The van der Waals surface area contributed by atoms with Crippen LogP contribution in [0.25, 0.3) is 10.9 Å². The van der Waals surface area contributed by atoms with Crippen LogP contribution in [-0.2, 0) is 17.6 Å². The van der Waals surface area contributed by atoms with Crippen LogP contribution in [0.2, 0.25) is 0 Å². The van der Waals surface area contributed by atoms with Gasteiger partial charge in [0.25, 0.3) is 5.56 Å². The van der Waals surface area contributed by atoms with Crippen LogP contribution in [0.3, 0.4) is 0 Å². The van der Waals surface area contributed by atoms with Gasteiger partial charge in [-0.1, -0.05) is 24.3 Å². The van der Waals surface area contributed by atoms with Crippen molar-refractivity contribution in [3.8, 4) is 0 Å². The Labute approximate surface area is 155 Å². The topological polar surface area (TPSA) is 99.4 Å². The van der Waals surface area contributed by atoms with Gasteiger partial charge in [0, 0.05) is 49.0 Å². The summed E-state index contributed by atoms with van der Waals surface area (Å²) in [5.41, 5.74) is 1.54. The van der Waals surface area contributed by atoms with Gasteiger partial charge in [-0.25, -0.2) is 0 Å². The Bertz CT molecular complexity index is 1010. The Morgan fingerprint density at radius 3 is 2.93 bits per heavy atom. The van der Waals surface area contributed by atoms with Gasteiger partial charge in [-0.2, -0.15) is 5.16 Å². The van der Waals surface area contributed by atoms with E-state index in [0.29, 0.717) is 31.7 Å². The predicted octanol–water partition coefficient (Wildman–Crippen LogP) is 1.51. The third-order valence-corrected chi connectivity index (χ3v) is 5.05. The molecule has 3 heterocycles. The minimum atomic E-state index is -0.563. The van der Waals surface area contributed by atoms with Crippen molar-refractivity contribution in [3.63, 3.8) is 0 Å². The Hall–Kier alpha value is -2.93. The van der Waals surface area contributed by atoms with E-state index in [4.69, 9.17) is 4.52 Å². The number of nitrogens with one attached hydrogen (secondary N) is 1. The first-order valence-corrected chi connectivity index (χ1v) is 9.06. The zero-order valence-electron chi connectivity index (χ0n) is 14.8. The predicted molar refractivity (Wildman–Crippen MR) is 99.2 cm³/mol. The molecule has 7 nitrogen and oxygen atoms in total. The summed E-state index contributed by atoms with van der Waals surface area (Å²) in [6.45, 7) is 0.833. The number of nitrogens with zero attached hydrogens (tertiary/aromatic N) is 2. The lowest BCUT2D eigenvalue weighted by atomic mass is 9.99. The highest BCUT2D eigenvalue weighted by molar-refractivity contribution is 5.78. The lowest BCUT2D eigenvalue weighted by molar-refractivity contribution is -0.130. The molecule has 1 aromatic carbocycles. The molecule has 1 aliphatic heterocycles. The maximum absolute atomic E-state index is 12.4. The smallest absolute Gasteiger partial charge is 0.280 e. The first-order valence-electron chi connectivity index (χ1n) is 9.06. The maximum Gasteiger partial charge on any atom is 0.280 e. The van der Waals surface area contributed by atoms with E-state index in [1.807, 2.05) is 36.4 Å². The van der Waals surface area contributed by atoms with Crippen LogP contribution >= 0.6 is 0 Å². The molecule has 2 N–H and O–H groups in total. The SMILES string of the molecule is O=C(CCc1cc(=O)[nH]o1)N1C[C@@H](Cc2ccc3ccccc3n2)[C@H](O)C1. The van der Waals surface area contributed by atoms with Crippen LogP contribution in [0, 0.1) is 5.92 Å². The minimum Gasteiger partial charge on any atom is -0.391 e. The molecule has 1 saturated heterocycles. The summed E-state index contributed by atoms with van der Waals surface area (Å²) in [7, 11) is 0. The van der Waals surface area contributed by atoms with Gasteiger partial charge in [0.05, 0.1) is 11.6 Å². The molecule has 1 amide bonds. The number of hydrogen-bond acceptors (Lipinski definition) is 5. The van der Waals surface area contributed by atoms with E-state index < -0.39 is 6.10 Å². The zero-order valence-corrected chi connectivity index (χ0v) is 14.8. The van der Waals surface area contributed by atoms with Gasteiger partial charge in [0.2, 0.25) is 5.91 Å². The molecular formula is C20H21N3O4. The van der Waals surface area contributed by atoms with Crippen molar-refractivity contribution in [1.29, 1.82) is 0 Å². The molecule has 7 heteroatoms. The number of likely N-dealkylation sites (tertiary alicyclic amines) is 1. The Morgan fingerprint density at radius 2 is 2.11 bits per heavy atom. The molecule has 1 fully saturated rings. The molecule has 0 aliphatic carbocycles. The van der Waals surface area contributed by atoms with Crippen molar-refractivity contribution in [2.45, 2.75) is 25.4 Å². The summed E-state index contributed by atoms with van der Waals surface area (Å²) in [6.07, 6.45) is 0.672. The minimum absolute atomic E-state index is 0.0344. The van der Waals surface area contributed by atoms with E-state index >= 15 is 0 Å². The Morgan fingerprint density at radius 1 is 1.26 bits per heavy atom. The summed E-state index contributed by atoms with van der Waals surface area (Å²) < 4.78 is 4.97. The molecule has 4 rings (SSSR count). The second kappa shape index (κ2) is 7.36. The highest BCUT2D eigenvalue weighted by Crippen LogP contribution is 2.23. The molecule has 27 heavy (non-hydrogen) atoms. The number of pyridine rings is 1. The zero-order chi connectivity index (χ0) is 18.8. The van der Waals surface area contributed by atoms with Crippen LogP contribution in [0.5, 0.6) is 0 Å². The van der Waals surface area contributed by atoms with Crippen molar-refractivity contribution in [1.82, 2.24) is 15.0 Å². The van der Waals surface area contributed by atoms with Crippen molar-refractivity contribution in [3.05, 3.63) is 64.3 Å². The molecule has 2 atom stereocenters. The van der Waals surface area contributed by atoms with Gasteiger partial charge in [0.15, 0.2) is 0 Å². The van der Waals surface area contributed by atoms with Gasteiger partial charge in [-0.15, -0.1) is 0 Å². The molecular weight excluding hydrogens is 346 g/mol. The van der Waals surface area contributed by atoms with Crippen LogP contribution in [0.4, 0.5) is 0 Å². The number of aromatic nitrogens is 2. The van der Waals surface area contributed by atoms with Crippen molar-refractivity contribution >= 4 is 16.8 Å². The summed E-state index contributed by atoms with van der Waals surface area (Å²) in [5.74, 6) is 0.379. The highest BCUT2D eigenvalue weighted by atomic mass is 16.5. The number of aromatic amines is 1. The van der Waals surface area contributed by atoms with Crippen molar-refractivity contribution in [2.24, 2.45) is 5.92 Å². The summed E-state index contributed by atoms with van der Waals surface area (Å²) >= 11 is 0. The standard InChI is InChI=1S/C20H21N3O4/c24-18-12-23(20(26)8-7-16-10-19(25)22-27-16)11-14(18)9-15-6-5-13-3-1-2-4-17(13)21-15/h1-6,10,14,18,24H,7-9,11-12H2,(H,22,25)/t14-,18-/m1/s1. The Kier molecular flexibility index (Phi) is 4.77. The fourth-order valence-corrected chi connectivity index (χ4v) is 3.58. The number of aliphatic hydroxyl groups excluding tert-OH is 1. The second-order valence-electron chi connectivity index (χ2n) is 7.00. The third kappa shape index (κ3) is 3.93. The molecule has 3 aromatic rings. The maximum atomic E-state index is 12.4. The number of β-amino-alcohol motifs (C(OH)–C–C–N with tert-alkyl or cyclic N) is 1. The number of aliphatic hydroxyl groups is 1. The first-order chi connectivity index (χ1) is 13.1. The van der Waals surface area contributed by atoms with Crippen molar-refractivity contribution in [2.75, 3.05) is 13.1 Å². The molecule has 2 aromatic heterocycles. The monoisotopic (exact) mass is 367 g/mol. The molecule has 140 valence electrons. The van der Waals surface area contributed by atoms with Gasteiger partial charge in [0.1, 0.15) is 5.76 Å². The summed E-state index contributed by atoms with van der Waals surface area (Å²) in [5, 5.41) is 13.7. The average molecular weight is 367 g/mol. The third-order valence-electron chi connectivity index (χ3n) is 5.05. The molecule has 0 unspecified atom stereocenters. The summed E-state index contributed by atoms with van der Waals surface area (Å²) in [6, 6.07) is 13.3. The summed E-state index contributed by atoms with van der Waals surface area (Å²) in [4.78, 5) is 29.8. The molecule has 0 bridgehead atoms. The van der Waals surface area contributed by atoms with E-state index in [1.165, 1.54) is 6.07 Å². The largest absolute Gasteiger partial charge is 0.391 e. The number of amides is 1. The van der Waals surface area contributed by atoms with Crippen LogP contribution in [-0.4, -0.2) is 45.2 Å². The number of rotatable bonds is 5. The van der Waals surface area contributed by atoms with Gasteiger partial charge in [-0.3, -0.25) is 14.6 Å². The van der Waals surface area contributed by atoms with E-state index in [1.54, 1.807) is 4.90 Å². The number of benzene rings is 1. The molecule has 0 spiro atoms. The van der Waals surface area contributed by atoms with E-state index in [2.05, 4.69) is 10.1 Å².